The van der Waals surface area contributed by atoms with Gasteiger partial charge in [0.05, 0.1) is 53.1 Å². The first-order chi connectivity index (χ1) is 14.4. The summed E-state index contributed by atoms with van der Waals surface area (Å²) >= 11 is 0. The Kier molecular flexibility index (Phi) is 3.82. The van der Waals surface area contributed by atoms with Crippen molar-refractivity contribution < 1.29 is 4.74 Å². The lowest BCUT2D eigenvalue weighted by Crippen LogP contribution is -2.21. The molecule has 0 unspecified atom stereocenters. The Morgan fingerprint density at radius 1 is 1.13 bits per heavy atom. The Morgan fingerprint density at radius 3 is 2.57 bits per heavy atom. The summed E-state index contributed by atoms with van der Waals surface area (Å²) < 4.78 is 10.7. The molecular formula is C21H21N7O2. The molecule has 9 nitrogen and oxygen atoms in total. The number of benzene rings is 1. The van der Waals surface area contributed by atoms with Gasteiger partial charge in [-0.05, 0) is 19.9 Å². The molecule has 0 radical (unpaired) electrons. The van der Waals surface area contributed by atoms with E-state index in [1.807, 2.05) is 39.2 Å². The summed E-state index contributed by atoms with van der Waals surface area (Å²) in [4.78, 5) is 17.8. The van der Waals surface area contributed by atoms with Gasteiger partial charge in [0.2, 0.25) is 0 Å². The fourth-order valence-electron chi connectivity index (χ4n) is 4.06. The molecule has 4 aromatic heterocycles. The average Bonchev–Trinajstić information content (AvgIpc) is 3.38. The summed E-state index contributed by atoms with van der Waals surface area (Å²) in [6.45, 7) is 3.80. The molecule has 0 amide bonds. The summed E-state index contributed by atoms with van der Waals surface area (Å²) in [5.41, 5.74) is 6.28. The Bertz CT molecular complexity index is 1480. The molecule has 4 heterocycles. The van der Waals surface area contributed by atoms with Crippen LogP contribution in [0, 0.1) is 13.8 Å². The van der Waals surface area contributed by atoms with Gasteiger partial charge in [0.25, 0.3) is 0 Å². The minimum atomic E-state index is -0.148. The van der Waals surface area contributed by atoms with Gasteiger partial charge < -0.3 is 4.74 Å². The molecule has 0 saturated carbocycles. The minimum Gasteiger partial charge on any atom is -0.496 e. The molecule has 9 heteroatoms. The largest absolute Gasteiger partial charge is 0.496 e. The first kappa shape index (κ1) is 18.2. The number of aromatic amines is 1. The third-order valence-corrected chi connectivity index (χ3v) is 5.53. The zero-order valence-corrected chi connectivity index (χ0v) is 17.4. The molecule has 1 N–H and O–H groups in total. The van der Waals surface area contributed by atoms with Crippen LogP contribution in [0.3, 0.4) is 0 Å². The van der Waals surface area contributed by atoms with Crippen LogP contribution in [0.5, 0.6) is 5.75 Å². The van der Waals surface area contributed by atoms with E-state index in [1.54, 1.807) is 40.4 Å². The molecule has 0 atom stereocenters. The normalized spacial score (nSPS) is 11.6. The smallest absolute Gasteiger partial charge is 0.333 e. The number of hydrogen-bond donors (Lipinski definition) is 1. The molecule has 0 aliphatic heterocycles. The highest BCUT2D eigenvalue weighted by Gasteiger charge is 2.21. The van der Waals surface area contributed by atoms with E-state index in [2.05, 4.69) is 20.3 Å². The lowest BCUT2D eigenvalue weighted by molar-refractivity contribution is 0.417. The number of nitrogens with zero attached hydrogens (tertiary/aromatic N) is 6. The number of ether oxygens (including phenoxy) is 1. The van der Waals surface area contributed by atoms with Crippen LogP contribution in [-0.2, 0) is 14.1 Å². The molecule has 0 saturated heterocycles. The monoisotopic (exact) mass is 403 g/mol. The third-order valence-electron chi connectivity index (χ3n) is 5.53. The molecule has 5 aromatic rings. The number of aromatic nitrogens is 7. The zero-order valence-electron chi connectivity index (χ0n) is 17.4. The van der Waals surface area contributed by atoms with Crippen LogP contribution in [-0.4, -0.2) is 41.2 Å². The summed E-state index contributed by atoms with van der Waals surface area (Å²) in [5.74, 6) is 0.697. The van der Waals surface area contributed by atoms with Crippen molar-refractivity contribution in [3.05, 3.63) is 52.6 Å². The number of hydrogen-bond acceptors (Lipinski definition) is 5. The molecule has 1 aromatic carbocycles. The molecule has 152 valence electrons. The molecule has 0 fully saturated rings. The molecule has 0 aliphatic carbocycles. The van der Waals surface area contributed by atoms with Crippen molar-refractivity contribution in [1.82, 2.24) is 34.1 Å². The van der Waals surface area contributed by atoms with Crippen molar-refractivity contribution >= 4 is 21.9 Å². The van der Waals surface area contributed by atoms with Crippen molar-refractivity contribution in [2.24, 2.45) is 14.1 Å². The number of rotatable bonds is 3. The standard InChI is InChI=1S/C21H21N7O2/c1-11-19(12(2)25-24-11)28-20-15-6-14(13-8-23-26(3)10-13)18(30-5)7-16(15)22-9-17(20)27(4)21(28)29/h6-10H,1-5H3,(H,24,25). The highest BCUT2D eigenvalue weighted by molar-refractivity contribution is 6.05. The maximum Gasteiger partial charge on any atom is 0.333 e. The highest BCUT2D eigenvalue weighted by Crippen LogP contribution is 2.36. The zero-order chi connectivity index (χ0) is 21.2. The van der Waals surface area contributed by atoms with Gasteiger partial charge in [-0.25, -0.2) is 4.79 Å². The first-order valence-corrected chi connectivity index (χ1v) is 9.50. The van der Waals surface area contributed by atoms with Gasteiger partial charge >= 0.3 is 5.69 Å². The van der Waals surface area contributed by atoms with E-state index in [9.17, 15) is 4.79 Å². The van der Waals surface area contributed by atoms with Gasteiger partial charge in [-0.1, -0.05) is 0 Å². The summed E-state index contributed by atoms with van der Waals surface area (Å²) in [7, 11) is 5.26. The van der Waals surface area contributed by atoms with E-state index >= 15 is 0 Å². The molecule has 0 bridgehead atoms. The Labute approximate surface area is 171 Å². The second kappa shape index (κ2) is 6.31. The van der Waals surface area contributed by atoms with E-state index in [-0.39, 0.29) is 5.69 Å². The van der Waals surface area contributed by atoms with Crippen molar-refractivity contribution in [2.45, 2.75) is 13.8 Å². The van der Waals surface area contributed by atoms with E-state index in [4.69, 9.17) is 4.74 Å². The number of H-pyrrole nitrogens is 1. The van der Waals surface area contributed by atoms with Crippen molar-refractivity contribution in [1.29, 1.82) is 0 Å². The van der Waals surface area contributed by atoms with Crippen LogP contribution in [0.15, 0.2) is 35.5 Å². The Morgan fingerprint density at radius 2 is 1.93 bits per heavy atom. The Balaban J connectivity index is 1.96. The van der Waals surface area contributed by atoms with Crippen LogP contribution < -0.4 is 10.4 Å². The SMILES string of the molecule is COc1cc2ncc3c(c2cc1-c1cnn(C)c1)n(-c1c(C)n[nH]c1C)c(=O)n3C. The summed E-state index contributed by atoms with van der Waals surface area (Å²) in [5, 5.41) is 12.4. The van der Waals surface area contributed by atoms with Gasteiger partial charge in [0.1, 0.15) is 5.75 Å². The number of fused-ring (bicyclic) bond motifs is 3. The van der Waals surface area contributed by atoms with Gasteiger partial charge in [0.15, 0.2) is 0 Å². The topological polar surface area (TPSA) is 95.6 Å². The molecule has 30 heavy (non-hydrogen) atoms. The molecule has 0 aliphatic rings. The predicted octanol–water partition coefficient (Wildman–Crippen LogP) is 2.63. The fraction of sp³-hybridized carbons (Fsp3) is 0.238. The first-order valence-electron chi connectivity index (χ1n) is 9.50. The lowest BCUT2D eigenvalue weighted by Gasteiger charge is -2.11. The maximum atomic E-state index is 13.2. The summed E-state index contributed by atoms with van der Waals surface area (Å²) in [6.07, 6.45) is 5.45. The van der Waals surface area contributed by atoms with Gasteiger partial charge in [-0.15, -0.1) is 0 Å². The van der Waals surface area contributed by atoms with E-state index in [1.165, 1.54) is 0 Å². The fourth-order valence-corrected chi connectivity index (χ4v) is 4.06. The van der Waals surface area contributed by atoms with Gasteiger partial charge in [-0.2, -0.15) is 10.2 Å². The maximum absolute atomic E-state index is 13.2. The number of methoxy groups -OCH3 is 1. The Hall–Kier alpha value is -3.88. The van der Waals surface area contributed by atoms with Crippen LogP contribution in [0.2, 0.25) is 0 Å². The number of imidazole rings is 1. The van der Waals surface area contributed by atoms with E-state index in [0.717, 1.165) is 50.1 Å². The molecule has 0 spiro atoms. The van der Waals surface area contributed by atoms with E-state index < -0.39 is 0 Å². The van der Waals surface area contributed by atoms with Crippen LogP contribution in [0.4, 0.5) is 0 Å². The molecular weight excluding hydrogens is 382 g/mol. The second-order valence-electron chi connectivity index (χ2n) is 7.42. The van der Waals surface area contributed by atoms with Crippen molar-refractivity contribution in [3.63, 3.8) is 0 Å². The third kappa shape index (κ3) is 2.41. The van der Waals surface area contributed by atoms with Crippen LogP contribution in [0.1, 0.15) is 11.4 Å². The van der Waals surface area contributed by atoms with Crippen molar-refractivity contribution in [2.75, 3.05) is 7.11 Å². The highest BCUT2D eigenvalue weighted by atomic mass is 16.5. The van der Waals surface area contributed by atoms with Gasteiger partial charge in [-0.3, -0.25) is 23.9 Å². The number of nitrogens with one attached hydrogen (secondary N) is 1. The van der Waals surface area contributed by atoms with Crippen molar-refractivity contribution in [3.8, 4) is 22.6 Å². The summed E-state index contributed by atoms with van der Waals surface area (Å²) in [6, 6.07) is 3.91. The molecule has 5 rings (SSSR count). The average molecular weight is 403 g/mol. The minimum absolute atomic E-state index is 0.148. The predicted molar refractivity (Wildman–Crippen MR) is 114 cm³/mol. The number of pyridine rings is 1. The number of aryl methyl sites for hydroxylation is 4. The quantitative estimate of drug-likeness (QED) is 0.500. The second-order valence-corrected chi connectivity index (χ2v) is 7.42. The van der Waals surface area contributed by atoms with Crippen LogP contribution in [0.25, 0.3) is 38.8 Å². The van der Waals surface area contributed by atoms with E-state index in [0.29, 0.717) is 5.75 Å². The lowest BCUT2D eigenvalue weighted by atomic mass is 10.0. The van der Waals surface area contributed by atoms with Crippen LogP contribution >= 0.6 is 0 Å². The van der Waals surface area contributed by atoms with Gasteiger partial charge in [0, 0.05) is 42.9 Å².